The second-order valence-corrected chi connectivity index (χ2v) is 9.47. The number of amides is 2. The summed E-state index contributed by atoms with van der Waals surface area (Å²) in [5.74, 6) is -0.434. The summed E-state index contributed by atoms with van der Waals surface area (Å²) < 4.78 is 31.7. The van der Waals surface area contributed by atoms with Crippen LogP contribution in [0.3, 0.4) is 0 Å². The number of alkyl carbamates (subject to hydrolysis) is 1. The number of carbonyl (C=O) groups is 2. The lowest BCUT2D eigenvalue weighted by Gasteiger charge is -2.10. The van der Waals surface area contributed by atoms with E-state index in [2.05, 4.69) is 20.1 Å². The van der Waals surface area contributed by atoms with Crippen LogP contribution in [0.1, 0.15) is 28.8 Å². The lowest BCUT2D eigenvalue weighted by Crippen LogP contribution is -2.27. The number of benzene rings is 2. The molecule has 2 rings (SSSR count). The SMILES string of the molecule is COC(=O)NCCCCNC(=O)c1ccc(NS(=O)(=O)CCc2cccc(Cl)c2Cl)cc1. The summed E-state index contributed by atoms with van der Waals surface area (Å²) in [6.07, 6.45) is 1.10. The lowest BCUT2D eigenvalue weighted by atomic mass is 10.2. The number of hydrogen-bond donors (Lipinski definition) is 3. The van der Waals surface area contributed by atoms with E-state index in [4.69, 9.17) is 23.2 Å². The van der Waals surface area contributed by atoms with Crippen molar-refractivity contribution in [2.75, 3.05) is 30.7 Å². The van der Waals surface area contributed by atoms with Gasteiger partial charge in [-0.3, -0.25) is 9.52 Å². The van der Waals surface area contributed by atoms with Crippen LogP contribution in [-0.2, 0) is 21.2 Å². The summed E-state index contributed by atoms with van der Waals surface area (Å²) in [6.45, 7) is 0.906. The molecular formula is C21H25Cl2N3O5S. The van der Waals surface area contributed by atoms with Gasteiger partial charge >= 0.3 is 6.09 Å². The largest absolute Gasteiger partial charge is 0.453 e. The average Bonchev–Trinajstić information content (AvgIpc) is 2.77. The number of anilines is 1. The molecule has 0 heterocycles. The molecule has 0 bridgehead atoms. The Hall–Kier alpha value is -2.49. The molecule has 2 amide bonds. The van der Waals surface area contributed by atoms with Crippen molar-refractivity contribution in [2.45, 2.75) is 19.3 Å². The van der Waals surface area contributed by atoms with Gasteiger partial charge in [-0.05, 0) is 55.2 Å². The van der Waals surface area contributed by atoms with Gasteiger partial charge in [-0.2, -0.15) is 0 Å². The summed E-state index contributed by atoms with van der Waals surface area (Å²) >= 11 is 12.1. The number of rotatable bonds is 11. The van der Waals surface area contributed by atoms with E-state index < -0.39 is 16.1 Å². The van der Waals surface area contributed by atoms with E-state index in [1.807, 2.05) is 0 Å². The maximum absolute atomic E-state index is 12.4. The summed E-state index contributed by atoms with van der Waals surface area (Å²) in [4.78, 5) is 23.1. The van der Waals surface area contributed by atoms with Crippen LogP contribution in [0.4, 0.5) is 10.5 Å². The van der Waals surface area contributed by atoms with Crippen molar-refractivity contribution in [1.82, 2.24) is 10.6 Å². The maximum atomic E-state index is 12.4. The molecule has 0 unspecified atom stereocenters. The zero-order chi connectivity index (χ0) is 23.6. The number of methoxy groups -OCH3 is 1. The molecule has 0 atom stereocenters. The van der Waals surface area contributed by atoms with Crippen molar-refractivity contribution in [3.8, 4) is 0 Å². The van der Waals surface area contributed by atoms with Crippen molar-refractivity contribution >= 4 is 50.9 Å². The molecule has 0 aromatic heterocycles. The van der Waals surface area contributed by atoms with Crippen molar-refractivity contribution in [3.05, 3.63) is 63.6 Å². The number of unbranched alkanes of at least 4 members (excludes halogenated alkanes) is 1. The minimum Gasteiger partial charge on any atom is -0.453 e. The molecule has 11 heteroatoms. The van der Waals surface area contributed by atoms with Crippen LogP contribution in [-0.4, -0.2) is 46.4 Å². The van der Waals surface area contributed by atoms with Gasteiger partial charge in [-0.1, -0.05) is 35.3 Å². The van der Waals surface area contributed by atoms with Gasteiger partial charge in [-0.15, -0.1) is 0 Å². The van der Waals surface area contributed by atoms with E-state index in [0.717, 1.165) is 0 Å². The van der Waals surface area contributed by atoms with Crippen molar-refractivity contribution in [1.29, 1.82) is 0 Å². The van der Waals surface area contributed by atoms with Gasteiger partial charge < -0.3 is 15.4 Å². The molecular weight excluding hydrogens is 477 g/mol. The van der Waals surface area contributed by atoms with Crippen molar-refractivity contribution < 1.29 is 22.7 Å². The fourth-order valence-corrected chi connectivity index (χ4v) is 4.22. The maximum Gasteiger partial charge on any atom is 0.406 e. The Kier molecular flexibility index (Phi) is 10.1. The zero-order valence-electron chi connectivity index (χ0n) is 17.5. The molecule has 8 nitrogen and oxygen atoms in total. The van der Waals surface area contributed by atoms with Crippen LogP contribution in [0.15, 0.2) is 42.5 Å². The fourth-order valence-electron chi connectivity index (χ4n) is 2.72. The third kappa shape index (κ3) is 8.57. The third-order valence-electron chi connectivity index (χ3n) is 4.44. The highest BCUT2D eigenvalue weighted by molar-refractivity contribution is 7.92. The summed E-state index contributed by atoms with van der Waals surface area (Å²) in [7, 11) is -2.32. The number of hydrogen-bond acceptors (Lipinski definition) is 5. The quantitative estimate of drug-likeness (QED) is 0.404. The summed E-state index contributed by atoms with van der Waals surface area (Å²) in [5, 5.41) is 6.05. The standard InChI is InChI=1S/C21H25Cl2N3O5S/c1-31-21(28)25-13-3-2-12-24-20(27)16-7-9-17(10-8-16)26-32(29,30)14-11-15-5-4-6-18(22)19(15)23/h4-10,26H,2-3,11-14H2,1H3,(H,24,27)(H,25,28). The monoisotopic (exact) mass is 501 g/mol. The highest BCUT2D eigenvalue weighted by Gasteiger charge is 2.14. The van der Waals surface area contributed by atoms with Crippen LogP contribution in [0.25, 0.3) is 0 Å². The number of nitrogens with one attached hydrogen (secondary N) is 3. The first kappa shape index (κ1) is 25.8. The fraction of sp³-hybridized carbons (Fsp3) is 0.333. The number of carbonyl (C=O) groups excluding carboxylic acids is 2. The van der Waals surface area contributed by atoms with Crippen molar-refractivity contribution in [2.24, 2.45) is 0 Å². The van der Waals surface area contributed by atoms with E-state index in [0.29, 0.717) is 52.8 Å². The Labute approximate surface area is 197 Å². The van der Waals surface area contributed by atoms with Crippen LogP contribution < -0.4 is 15.4 Å². The molecule has 174 valence electrons. The Morgan fingerprint density at radius 3 is 2.28 bits per heavy atom. The molecule has 0 spiro atoms. The van der Waals surface area contributed by atoms with Gasteiger partial charge in [0, 0.05) is 24.3 Å². The Morgan fingerprint density at radius 2 is 1.62 bits per heavy atom. The smallest absolute Gasteiger partial charge is 0.406 e. The summed E-state index contributed by atoms with van der Waals surface area (Å²) in [6, 6.07) is 11.2. The van der Waals surface area contributed by atoms with Crippen LogP contribution in [0, 0.1) is 0 Å². The zero-order valence-corrected chi connectivity index (χ0v) is 19.8. The first-order chi connectivity index (χ1) is 15.2. The van der Waals surface area contributed by atoms with Gasteiger partial charge in [-0.25, -0.2) is 13.2 Å². The molecule has 0 aliphatic rings. The van der Waals surface area contributed by atoms with Crippen LogP contribution in [0.5, 0.6) is 0 Å². The van der Waals surface area contributed by atoms with Crippen LogP contribution >= 0.6 is 23.2 Å². The third-order valence-corrected chi connectivity index (χ3v) is 6.58. The average molecular weight is 502 g/mol. The molecule has 2 aromatic rings. The van der Waals surface area contributed by atoms with E-state index in [1.54, 1.807) is 30.3 Å². The van der Waals surface area contributed by atoms with E-state index >= 15 is 0 Å². The number of ether oxygens (including phenoxy) is 1. The van der Waals surface area contributed by atoms with E-state index in [1.165, 1.54) is 19.2 Å². The number of sulfonamides is 1. The Balaban J connectivity index is 1.79. The number of aryl methyl sites for hydroxylation is 1. The summed E-state index contributed by atoms with van der Waals surface area (Å²) in [5.41, 5.74) is 1.41. The topological polar surface area (TPSA) is 114 Å². The normalized spacial score (nSPS) is 11.0. The minimum absolute atomic E-state index is 0.167. The molecule has 3 N–H and O–H groups in total. The molecule has 0 fully saturated rings. The van der Waals surface area contributed by atoms with Gasteiger partial charge in [0.25, 0.3) is 5.91 Å². The van der Waals surface area contributed by atoms with Gasteiger partial charge in [0.1, 0.15) is 0 Å². The molecule has 32 heavy (non-hydrogen) atoms. The predicted octanol–water partition coefficient (Wildman–Crippen LogP) is 3.84. The molecule has 0 aliphatic heterocycles. The molecule has 0 saturated heterocycles. The highest BCUT2D eigenvalue weighted by atomic mass is 35.5. The van der Waals surface area contributed by atoms with Crippen LogP contribution in [0.2, 0.25) is 10.0 Å². The Bertz CT molecular complexity index is 1030. The second kappa shape index (κ2) is 12.5. The molecule has 2 aromatic carbocycles. The van der Waals surface area contributed by atoms with E-state index in [9.17, 15) is 18.0 Å². The van der Waals surface area contributed by atoms with Gasteiger partial charge in [0.05, 0.1) is 22.9 Å². The second-order valence-electron chi connectivity index (χ2n) is 6.84. The minimum atomic E-state index is -3.62. The van der Waals surface area contributed by atoms with E-state index in [-0.39, 0.29) is 18.1 Å². The molecule has 0 radical (unpaired) electrons. The first-order valence-corrected chi connectivity index (χ1v) is 12.3. The lowest BCUT2D eigenvalue weighted by molar-refractivity contribution is 0.0952. The van der Waals surface area contributed by atoms with Gasteiger partial charge in [0.2, 0.25) is 10.0 Å². The predicted molar refractivity (Wildman–Crippen MR) is 126 cm³/mol. The van der Waals surface area contributed by atoms with Crippen molar-refractivity contribution in [3.63, 3.8) is 0 Å². The van der Waals surface area contributed by atoms with Gasteiger partial charge in [0.15, 0.2) is 0 Å². The Morgan fingerprint density at radius 1 is 0.969 bits per heavy atom. The highest BCUT2D eigenvalue weighted by Crippen LogP contribution is 2.26. The first-order valence-electron chi connectivity index (χ1n) is 9.85. The number of halogens is 2. The molecule has 0 saturated carbocycles. The molecule has 0 aliphatic carbocycles.